The summed E-state index contributed by atoms with van der Waals surface area (Å²) < 4.78 is 5.57. The van der Waals surface area contributed by atoms with Gasteiger partial charge in [0.05, 0.1) is 18.2 Å². The van der Waals surface area contributed by atoms with Gasteiger partial charge in [0.25, 0.3) is 0 Å². The molecular formula is C15H20N2O3. The third-order valence-corrected chi connectivity index (χ3v) is 3.18. The molecule has 0 spiro atoms. The molecule has 0 saturated heterocycles. The minimum absolute atomic E-state index is 0.0196. The van der Waals surface area contributed by atoms with E-state index in [0.717, 1.165) is 6.42 Å². The molecular weight excluding hydrogens is 256 g/mol. The average molecular weight is 276 g/mol. The van der Waals surface area contributed by atoms with E-state index in [1.165, 1.54) is 0 Å². The molecule has 0 aliphatic heterocycles. The highest BCUT2D eigenvalue weighted by molar-refractivity contribution is 5.69. The molecule has 0 saturated carbocycles. The van der Waals surface area contributed by atoms with E-state index in [-0.39, 0.29) is 12.6 Å². The zero-order valence-electron chi connectivity index (χ0n) is 11.9. The topological polar surface area (TPSA) is 73.6 Å². The molecule has 0 heterocycles. The summed E-state index contributed by atoms with van der Waals surface area (Å²) in [6.45, 7) is 5.03. The van der Waals surface area contributed by atoms with Crippen molar-refractivity contribution in [1.82, 2.24) is 4.90 Å². The van der Waals surface area contributed by atoms with Crippen molar-refractivity contribution >= 4 is 5.97 Å². The highest BCUT2D eigenvalue weighted by Gasteiger charge is 2.15. The number of benzene rings is 1. The van der Waals surface area contributed by atoms with Crippen molar-refractivity contribution in [3.63, 3.8) is 0 Å². The number of nitrogens with zero attached hydrogens (tertiary/aromatic N) is 2. The lowest BCUT2D eigenvalue weighted by molar-refractivity contribution is -0.139. The summed E-state index contributed by atoms with van der Waals surface area (Å²) in [5.41, 5.74) is 0.587. The Morgan fingerprint density at radius 1 is 1.45 bits per heavy atom. The van der Waals surface area contributed by atoms with Crippen LogP contribution in [0.15, 0.2) is 24.3 Å². The van der Waals surface area contributed by atoms with Gasteiger partial charge in [0.2, 0.25) is 0 Å². The summed E-state index contributed by atoms with van der Waals surface area (Å²) in [5.74, 6) is -0.146. The third-order valence-electron chi connectivity index (χ3n) is 3.18. The summed E-state index contributed by atoms with van der Waals surface area (Å²) in [7, 11) is 0. The number of carboxylic acids is 1. The van der Waals surface area contributed by atoms with Gasteiger partial charge in [-0.15, -0.1) is 0 Å². The molecule has 0 amide bonds. The molecule has 1 aromatic carbocycles. The van der Waals surface area contributed by atoms with E-state index in [0.29, 0.717) is 24.5 Å². The fourth-order valence-corrected chi connectivity index (χ4v) is 1.79. The predicted molar refractivity (Wildman–Crippen MR) is 75.6 cm³/mol. The summed E-state index contributed by atoms with van der Waals surface area (Å²) in [4.78, 5) is 12.7. The minimum Gasteiger partial charge on any atom is -0.492 e. The quantitative estimate of drug-likeness (QED) is 0.787. The number of aliphatic carboxylic acids is 1. The molecule has 5 nitrogen and oxygen atoms in total. The van der Waals surface area contributed by atoms with E-state index in [9.17, 15) is 4.79 Å². The van der Waals surface area contributed by atoms with Crippen LogP contribution < -0.4 is 4.74 Å². The maximum Gasteiger partial charge on any atom is 0.317 e. The smallest absolute Gasteiger partial charge is 0.317 e. The predicted octanol–water partition coefficient (Wildman–Crippen LogP) is 2.12. The number of carbonyl (C=O) groups is 1. The van der Waals surface area contributed by atoms with Crippen molar-refractivity contribution in [2.45, 2.75) is 26.3 Å². The van der Waals surface area contributed by atoms with Crippen LogP contribution in [0.5, 0.6) is 5.75 Å². The molecule has 0 aromatic heterocycles. The van der Waals surface area contributed by atoms with Gasteiger partial charge in [0, 0.05) is 12.6 Å². The molecule has 1 unspecified atom stereocenters. The summed E-state index contributed by atoms with van der Waals surface area (Å²) in [6.07, 6.45) is 0.893. The zero-order chi connectivity index (χ0) is 15.0. The van der Waals surface area contributed by atoms with Crippen molar-refractivity contribution < 1.29 is 14.6 Å². The van der Waals surface area contributed by atoms with Crippen LogP contribution in [0.25, 0.3) is 0 Å². The van der Waals surface area contributed by atoms with E-state index in [1.54, 1.807) is 24.3 Å². The van der Waals surface area contributed by atoms with Gasteiger partial charge in [-0.1, -0.05) is 6.92 Å². The van der Waals surface area contributed by atoms with Gasteiger partial charge < -0.3 is 9.84 Å². The average Bonchev–Trinajstić information content (AvgIpc) is 2.45. The number of ether oxygens (including phenoxy) is 1. The second-order valence-corrected chi connectivity index (χ2v) is 4.61. The highest BCUT2D eigenvalue weighted by atomic mass is 16.5. The largest absolute Gasteiger partial charge is 0.492 e. The first-order chi connectivity index (χ1) is 9.56. The number of hydrogen-bond donors (Lipinski definition) is 1. The Balaban J connectivity index is 2.46. The van der Waals surface area contributed by atoms with Crippen molar-refractivity contribution in [3.8, 4) is 11.8 Å². The van der Waals surface area contributed by atoms with E-state index in [4.69, 9.17) is 15.1 Å². The lowest BCUT2D eigenvalue weighted by atomic mass is 10.2. The van der Waals surface area contributed by atoms with Gasteiger partial charge >= 0.3 is 5.97 Å². The van der Waals surface area contributed by atoms with Crippen molar-refractivity contribution in [1.29, 1.82) is 5.26 Å². The Hall–Kier alpha value is -2.06. The van der Waals surface area contributed by atoms with Crippen molar-refractivity contribution in [2.24, 2.45) is 0 Å². The van der Waals surface area contributed by atoms with Gasteiger partial charge in [-0.05, 0) is 37.6 Å². The first-order valence-corrected chi connectivity index (χ1v) is 6.65. The lowest BCUT2D eigenvalue weighted by Gasteiger charge is -2.26. The fraction of sp³-hybridized carbons (Fsp3) is 0.467. The van der Waals surface area contributed by atoms with Gasteiger partial charge in [-0.3, -0.25) is 9.69 Å². The first kappa shape index (κ1) is 16.0. The number of nitriles is 1. The molecule has 0 radical (unpaired) electrons. The molecule has 0 aliphatic carbocycles. The zero-order valence-corrected chi connectivity index (χ0v) is 11.9. The van der Waals surface area contributed by atoms with E-state index >= 15 is 0 Å². The van der Waals surface area contributed by atoms with Crippen LogP contribution in [0.1, 0.15) is 25.8 Å². The van der Waals surface area contributed by atoms with Crippen LogP contribution in [-0.2, 0) is 4.79 Å². The second kappa shape index (κ2) is 8.18. The summed E-state index contributed by atoms with van der Waals surface area (Å²) in [6, 6.07) is 9.11. The molecule has 5 heteroatoms. The third kappa shape index (κ3) is 5.29. The first-order valence-electron chi connectivity index (χ1n) is 6.65. The molecule has 1 aromatic rings. The van der Waals surface area contributed by atoms with Crippen LogP contribution in [0.3, 0.4) is 0 Å². The molecule has 1 rings (SSSR count). The molecule has 20 heavy (non-hydrogen) atoms. The van der Waals surface area contributed by atoms with Gasteiger partial charge in [0.1, 0.15) is 12.4 Å². The standard InChI is InChI=1S/C15H20N2O3/c1-3-12(2)17(11-15(18)19)8-9-20-14-6-4-13(10-16)5-7-14/h4-7,12H,3,8-9,11H2,1-2H3,(H,18,19). The van der Waals surface area contributed by atoms with E-state index < -0.39 is 5.97 Å². The number of carboxylic acid groups (broad SMARTS) is 1. The Kier molecular flexibility index (Phi) is 6.54. The van der Waals surface area contributed by atoms with Gasteiger partial charge in [-0.2, -0.15) is 5.26 Å². The van der Waals surface area contributed by atoms with Crippen molar-refractivity contribution in [2.75, 3.05) is 19.7 Å². The maximum atomic E-state index is 10.8. The molecule has 0 bridgehead atoms. The number of rotatable bonds is 8. The van der Waals surface area contributed by atoms with Crippen LogP contribution in [0, 0.1) is 11.3 Å². The highest BCUT2D eigenvalue weighted by Crippen LogP contribution is 2.12. The van der Waals surface area contributed by atoms with Gasteiger partial charge in [-0.25, -0.2) is 0 Å². The summed E-state index contributed by atoms with van der Waals surface area (Å²) in [5, 5.41) is 17.6. The van der Waals surface area contributed by atoms with Crippen LogP contribution in [0.4, 0.5) is 0 Å². The SMILES string of the molecule is CCC(C)N(CCOc1ccc(C#N)cc1)CC(=O)O. The van der Waals surface area contributed by atoms with Crippen LogP contribution in [0.2, 0.25) is 0 Å². The van der Waals surface area contributed by atoms with E-state index in [2.05, 4.69) is 0 Å². The van der Waals surface area contributed by atoms with Crippen molar-refractivity contribution in [3.05, 3.63) is 29.8 Å². The Morgan fingerprint density at radius 2 is 2.10 bits per heavy atom. The van der Waals surface area contributed by atoms with Gasteiger partial charge in [0.15, 0.2) is 0 Å². The summed E-state index contributed by atoms with van der Waals surface area (Å²) >= 11 is 0. The molecule has 0 aliphatic rings. The minimum atomic E-state index is -0.830. The monoisotopic (exact) mass is 276 g/mol. The fourth-order valence-electron chi connectivity index (χ4n) is 1.79. The maximum absolute atomic E-state index is 10.8. The molecule has 1 atom stereocenters. The Morgan fingerprint density at radius 3 is 2.60 bits per heavy atom. The van der Waals surface area contributed by atoms with Crippen LogP contribution >= 0.6 is 0 Å². The molecule has 1 N–H and O–H groups in total. The molecule has 0 fully saturated rings. The Bertz CT molecular complexity index is 465. The lowest BCUT2D eigenvalue weighted by Crippen LogP contribution is -2.39. The van der Waals surface area contributed by atoms with E-state index in [1.807, 2.05) is 24.8 Å². The second-order valence-electron chi connectivity index (χ2n) is 4.61. The normalized spacial score (nSPS) is 11.9. The Labute approximate surface area is 119 Å². The van der Waals surface area contributed by atoms with Crippen LogP contribution in [-0.4, -0.2) is 41.7 Å². The molecule has 108 valence electrons. The number of hydrogen-bond acceptors (Lipinski definition) is 4.